The number of carbonyl (C=O) groups excluding carboxylic acids is 1. The van der Waals surface area contributed by atoms with E-state index >= 15 is 0 Å². The first kappa shape index (κ1) is 10.4. The molecule has 1 N–H and O–H groups in total. The van der Waals surface area contributed by atoms with Crippen LogP contribution < -0.4 is 5.32 Å². The first-order valence-corrected chi connectivity index (χ1v) is 6.34. The van der Waals surface area contributed by atoms with Gasteiger partial charge in [0.25, 0.3) is 0 Å². The topological polar surface area (TPSA) is 38.3 Å². The number of fused-ring (bicyclic) bond motifs is 1. The second-order valence-electron chi connectivity index (χ2n) is 6.50. The Kier molecular flexibility index (Phi) is 1.67. The van der Waals surface area contributed by atoms with Crippen LogP contribution in [0.4, 0.5) is 4.79 Å². The van der Waals surface area contributed by atoms with E-state index in [2.05, 4.69) is 26.1 Å². The van der Waals surface area contributed by atoms with E-state index in [4.69, 9.17) is 4.74 Å². The van der Waals surface area contributed by atoms with Gasteiger partial charge in [-0.15, -0.1) is 0 Å². The van der Waals surface area contributed by atoms with Crippen LogP contribution in [-0.2, 0) is 4.74 Å². The van der Waals surface area contributed by atoms with E-state index in [0.717, 1.165) is 12.3 Å². The molecule has 0 aromatic rings. The molecule has 90 valence electrons. The lowest BCUT2D eigenvalue weighted by Crippen LogP contribution is -2.37. The van der Waals surface area contributed by atoms with E-state index in [1.54, 1.807) is 0 Å². The maximum atomic E-state index is 11.5. The number of rotatable bonds is 2. The van der Waals surface area contributed by atoms with Crippen LogP contribution in [0.15, 0.2) is 0 Å². The minimum absolute atomic E-state index is 0.111. The number of carbonyl (C=O) groups is 1. The molecule has 16 heavy (non-hydrogen) atoms. The van der Waals surface area contributed by atoms with Gasteiger partial charge in [-0.05, 0) is 36.5 Å². The molecule has 3 saturated carbocycles. The zero-order valence-electron chi connectivity index (χ0n) is 10.6. The number of alkyl carbamates (subject to hydrolysis) is 1. The van der Waals surface area contributed by atoms with Crippen molar-refractivity contribution in [3.05, 3.63) is 0 Å². The van der Waals surface area contributed by atoms with Crippen LogP contribution in [0.3, 0.4) is 0 Å². The van der Waals surface area contributed by atoms with Crippen LogP contribution >= 0.6 is 0 Å². The highest BCUT2D eigenvalue weighted by Crippen LogP contribution is 2.99. The van der Waals surface area contributed by atoms with E-state index in [9.17, 15) is 4.79 Å². The summed E-state index contributed by atoms with van der Waals surface area (Å²) in [6, 6.07) is 0. The van der Waals surface area contributed by atoms with E-state index in [0.29, 0.717) is 17.4 Å². The van der Waals surface area contributed by atoms with Crippen LogP contribution in [0.2, 0.25) is 0 Å². The van der Waals surface area contributed by atoms with Gasteiger partial charge >= 0.3 is 6.09 Å². The Hall–Kier alpha value is -0.730. The summed E-state index contributed by atoms with van der Waals surface area (Å²) in [6.45, 7) is 9.49. The molecule has 1 spiro atoms. The number of amides is 1. The van der Waals surface area contributed by atoms with E-state index in [1.165, 1.54) is 6.42 Å². The van der Waals surface area contributed by atoms with E-state index < -0.39 is 0 Å². The summed E-state index contributed by atoms with van der Waals surface area (Å²) in [5.41, 5.74) is 1.27. The molecule has 0 heterocycles. The predicted octanol–water partition coefficient (Wildman–Crippen LogP) is 2.56. The average Bonchev–Trinajstić information content (AvgIpc) is 2.93. The Labute approximate surface area is 96.9 Å². The number of nitrogens with one attached hydrogen (secondary N) is 1. The van der Waals surface area contributed by atoms with Gasteiger partial charge < -0.3 is 10.1 Å². The summed E-state index contributed by atoms with van der Waals surface area (Å²) in [7, 11) is 0. The Balaban J connectivity index is 1.70. The lowest BCUT2D eigenvalue weighted by atomic mass is 9.80. The van der Waals surface area contributed by atoms with Crippen molar-refractivity contribution in [3.8, 4) is 0 Å². The van der Waals surface area contributed by atoms with Gasteiger partial charge in [0, 0.05) is 12.0 Å². The highest BCUT2D eigenvalue weighted by Gasteiger charge is 2.95. The van der Waals surface area contributed by atoms with Crippen molar-refractivity contribution >= 4 is 6.09 Å². The van der Waals surface area contributed by atoms with Crippen LogP contribution in [0.25, 0.3) is 0 Å². The summed E-state index contributed by atoms with van der Waals surface area (Å²) in [6.07, 6.45) is 2.27. The first-order chi connectivity index (χ1) is 7.40. The zero-order chi connectivity index (χ0) is 11.8. The molecule has 0 aromatic heterocycles. The maximum absolute atomic E-state index is 11.5. The lowest BCUT2D eigenvalue weighted by molar-refractivity contribution is 0.0200. The molecule has 0 aliphatic heterocycles. The molecule has 0 saturated heterocycles. The van der Waals surface area contributed by atoms with E-state index in [-0.39, 0.29) is 17.6 Å². The fraction of sp³-hybridized carbons (Fsp3) is 0.923. The second kappa shape index (κ2) is 2.57. The molecule has 4 unspecified atom stereocenters. The van der Waals surface area contributed by atoms with Crippen molar-refractivity contribution in [2.24, 2.45) is 22.2 Å². The summed E-state index contributed by atoms with van der Waals surface area (Å²) >= 11 is 0. The molecular weight excluding hydrogens is 202 g/mol. The zero-order valence-corrected chi connectivity index (χ0v) is 10.6. The van der Waals surface area contributed by atoms with Gasteiger partial charge in [0.1, 0.15) is 6.10 Å². The van der Waals surface area contributed by atoms with Gasteiger partial charge in [-0.3, -0.25) is 0 Å². The molecule has 3 aliphatic carbocycles. The third-order valence-corrected chi connectivity index (χ3v) is 5.80. The largest absolute Gasteiger partial charge is 0.446 e. The Morgan fingerprint density at radius 1 is 1.44 bits per heavy atom. The minimum atomic E-state index is -0.249. The molecule has 3 fully saturated rings. The normalized spacial score (nSPS) is 50.2. The number of hydrogen-bond donors (Lipinski definition) is 1. The van der Waals surface area contributed by atoms with Gasteiger partial charge in [0.2, 0.25) is 0 Å². The van der Waals surface area contributed by atoms with Crippen molar-refractivity contribution < 1.29 is 9.53 Å². The third-order valence-electron chi connectivity index (χ3n) is 5.80. The molecule has 4 atom stereocenters. The highest BCUT2D eigenvalue weighted by atomic mass is 16.6. The Bertz CT molecular complexity index is 365. The van der Waals surface area contributed by atoms with Crippen LogP contribution in [-0.4, -0.2) is 18.7 Å². The van der Waals surface area contributed by atoms with Crippen molar-refractivity contribution in [2.45, 2.75) is 46.6 Å². The Morgan fingerprint density at radius 3 is 2.56 bits per heavy atom. The fourth-order valence-corrected chi connectivity index (χ4v) is 4.70. The summed E-state index contributed by atoms with van der Waals surface area (Å²) in [5, 5.41) is 2.71. The van der Waals surface area contributed by atoms with Crippen LogP contribution in [0, 0.1) is 22.2 Å². The first-order valence-electron chi connectivity index (χ1n) is 6.34. The molecule has 0 aromatic carbocycles. The molecule has 0 bridgehead atoms. The minimum Gasteiger partial charge on any atom is -0.446 e. The average molecular weight is 223 g/mol. The lowest BCUT2D eigenvalue weighted by Gasteiger charge is -2.31. The molecular formula is C13H21NO2. The molecule has 3 nitrogen and oxygen atoms in total. The molecule has 3 rings (SSSR count). The van der Waals surface area contributed by atoms with Crippen molar-refractivity contribution in [2.75, 3.05) is 6.54 Å². The maximum Gasteiger partial charge on any atom is 0.407 e. The smallest absolute Gasteiger partial charge is 0.407 e. The van der Waals surface area contributed by atoms with Gasteiger partial charge in [-0.25, -0.2) is 4.79 Å². The van der Waals surface area contributed by atoms with Crippen LogP contribution in [0.5, 0.6) is 0 Å². The van der Waals surface area contributed by atoms with Crippen molar-refractivity contribution in [1.29, 1.82) is 0 Å². The molecule has 3 aliphatic rings. The molecule has 3 heteroatoms. The fourth-order valence-electron chi connectivity index (χ4n) is 4.70. The van der Waals surface area contributed by atoms with Crippen LogP contribution in [0.1, 0.15) is 40.5 Å². The summed E-state index contributed by atoms with van der Waals surface area (Å²) in [5.74, 6) is 0.814. The third kappa shape index (κ3) is 0.857. The number of ether oxygens (including phenoxy) is 1. The Morgan fingerprint density at radius 2 is 2.12 bits per heavy atom. The SMILES string of the molecule is CCNC(=O)OC1CC2C3(C)CC23C1(C)C. The molecule has 0 radical (unpaired) electrons. The summed E-state index contributed by atoms with van der Waals surface area (Å²) in [4.78, 5) is 11.5. The monoisotopic (exact) mass is 223 g/mol. The van der Waals surface area contributed by atoms with E-state index in [1.807, 2.05) is 6.92 Å². The van der Waals surface area contributed by atoms with Gasteiger partial charge in [0.05, 0.1) is 0 Å². The number of hydrogen-bond acceptors (Lipinski definition) is 2. The second-order valence-corrected chi connectivity index (χ2v) is 6.50. The van der Waals surface area contributed by atoms with Crippen molar-refractivity contribution in [3.63, 3.8) is 0 Å². The summed E-state index contributed by atoms with van der Waals surface area (Å²) < 4.78 is 5.55. The predicted molar refractivity (Wildman–Crippen MR) is 61.0 cm³/mol. The van der Waals surface area contributed by atoms with Crippen molar-refractivity contribution in [1.82, 2.24) is 5.32 Å². The molecule has 1 amide bonds. The quantitative estimate of drug-likeness (QED) is 0.781. The highest BCUT2D eigenvalue weighted by molar-refractivity contribution is 5.67. The van der Waals surface area contributed by atoms with Gasteiger partial charge in [-0.2, -0.15) is 0 Å². The van der Waals surface area contributed by atoms with Gasteiger partial charge in [0.15, 0.2) is 0 Å². The standard InChI is InChI=1S/C13H21NO2/c1-5-14-10(15)16-9-6-8-12(4)7-13(8,12)11(9,2)3/h8-9H,5-7H2,1-4H3,(H,14,15). The van der Waals surface area contributed by atoms with Gasteiger partial charge in [-0.1, -0.05) is 20.8 Å².